The van der Waals surface area contributed by atoms with E-state index in [-0.39, 0.29) is 13.2 Å². The molecular weight excluding hydrogens is 238 g/mol. The normalized spacial score (nSPS) is 19.9. The van der Waals surface area contributed by atoms with Gasteiger partial charge in [0.05, 0.1) is 13.2 Å². The molecule has 18 heavy (non-hydrogen) atoms. The Hall–Kier alpha value is -1.72. The van der Waals surface area contributed by atoms with Gasteiger partial charge in [-0.3, -0.25) is 9.69 Å². The molecule has 1 aliphatic heterocycles. The third-order valence-electron chi connectivity index (χ3n) is 2.27. The second kappa shape index (κ2) is 5.75. The minimum Gasteiger partial charge on any atom is -0.444 e. The molecule has 100 valence electrons. The van der Waals surface area contributed by atoms with Crippen molar-refractivity contribution < 1.29 is 23.9 Å². The van der Waals surface area contributed by atoms with Gasteiger partial charge in [-0.1, -0.05) is 0 Å². The number of amides is 1. The summed E-state index contributed by atoms with van der Waals surface area (Å²) in [6.07, 6.45) is 0.187. The van der Waals surface area contributed by atoms with Crippen LogP contribution in [0.5, 0.6) is 0 Å². The Morgan fingerprint density at radius 2 is 2.17 bits per heavy atom. The lowest BCUT2D eigenvalue weighted by Gasteiger charge is -2.34. The molecule has 0 bridgehead atoms. The van der Waals surface area contributed by atoms with E-state index in [1.165, 1.54) is 4.90 Å². The van der Waals surface area contributed by atoms with Crippen LogP contribution in [0.15, 0.2) is 0 Å². The van der Waals surface area contributed by atoms with Crippen LogP contribution in [0.4, 0.5) is 4.79 Å². The van der Waals surface area contributed by atoms with Gasteiger partial charge in [0.15, 0.2) is 0 Å². The molecule has 1 atom stereocenters. The lowest BCUT2D eigenvalue weighted by atomic mass is 10.1. The van der Waals surface area contributed by atoms with Crippen LogP contribution in [0.2, 0.25) is 0 Å². The molecule has 0 aliphatic carbocycles. The molecule has 1 rings (SSSR count). The van der Waals surface area contributed by atoms with Crippen LogP contribution < -0.4 is 0 Å². The zero-order valence-electron chi connectivity index (χ0n) is 10.8. The van der Waals surface area contributed by atoms with Crippen molar-refractivity contribution >= 4 is 18.1 Å². The number of carbonyl (C=O) groups excluding carboxylic acids is 2. The maximum atomic E-state index is 11.9. The predicted octanol–water partition coefficient (Wildman–Crippen LogP) is 0.492. The number of carbonyl (C=O) groups is 2. The quantitative estimate of drug-likeness (QED) is 0.408. The molecule has 0 aromatic carbocycles. The van der Waals surface area contributed by atoms with E-state index in [0.29, 0.717) is 6.61 Å². The molecule has 0 radical (unpaired) electrons. The third kappa shape index (κ3) is 3.94. The molecule has 1 amide bonds. The largest absolute Gasteiger partial charge is 0.444 e. The summed E-state index contributed by atoms with van der Waals surface area (Å²) in [5, 5.41) is 0. The number of ketones is 1. The molecule has 1 heterocycles. The summed E-state index contributed by atoms with van der Waals surface area (Å²) < 4.78 is 10.4. The molecule has 7 nitrogen and oxygen atoms in total. The summed E-state index contributed by atoms with van der Waals surface area (Å²) in [7, 11) is 0. The summed E-state index contributed by atoms with van der Waals surface area (Å²) in [4.78, 5) is 27.5. The molecule has 0 aromatic rings. The van der Waals surface area contributed by atoms with Crippen LogP contribution in [0.1, 0.15) is 20.8 Å². The minimum absolute atomic E-state index is 0.0735. The summed E-state index contributed by atoms with van der Waals surface area (Å²) in [5.41, 5.74) is 7.72. The fraction of sp³-hybridized carbons (Fsp3) is 0.727. The predicted molar refractivity (Wildman–Crippen MR) is 62.2 cm³/mol. The second-order valence-corrected chi connectivity index (χ2v) is 4.91. The lowest BCUT2D eigenvalue weighted by molar-refractivity contribution is -0.126. The van der Waals surface area contributed by atoms with Gasteiger partial charge in [-0.15, -0.1) is 0 Å². The van der Waals surface area contributed by atoms with Crippen LogP contribution in [-0.4, -0.2) is 59.2 Å². The molecule has 7 heteroatoms. The molecule has 0 N–H and O–H groups in total. The van der Waals surface area contributed by atoms with Gasteiger partial charge < -0.3 is 15.0 Å². The number of ether oxygens (including phenoxy) is 2. The first-order valence-corrected chi connectivity index (χ1v) is 5.64. The average molecular weight is 255 g/mol. The minimum atomic E-state index is -0.801. The highest BCUT2D eigenvalue weighted by atomic mass is 16.6. The highest BCUT2D eigenvalue weighted by molar-refractivity contribution is 6.28. The average Bonchev–Trinajstić information content (AvgIpc) is 2.27. The highest BCUT2D eigenvalue weighted by Crippen LogP contribution is 2.14. The van der Waals surface area contributed by atoms with Crippen molar-refractivity contribution in [1.29, 1.82) is 0 Å². The van der Waals surface area contributed by atoms with Gasteiger partial charge in [-0.05, 0) is 20.8 Å². The van der Waals surface area contributed by atoms with Gasteiger partial charge in [0.1, 0.15) is 11.6 Å². The summed E-state index contributed by atoms with van der Waals surface area (Å²) in [6.45, 7) is 5.93. The van der Waals surface area contributed by atoms with Crippen molar-refractivity contribution in [2.75, 3.05) is 19.8 Å². The molecule has 0 spiro atoms. The molecule has 1 saturated heterocycles. The van der Waals surface area contributed by atoms with E-state index >= 15 is 0 Å². The van der Waals surface area contributed by atoms with E-state index in [1.54, 1.807) is 20.8 Å². The van der Waals surface area contributed by atoms with Gasteiger partial charge in [0.2, 0.25) is 0 Å². The van der Waals surface area contributed by atoms with E-state index < -0.39 is 23.5 Å². The summed E-state index contributed by atoms with van der Waals surface area (Å²) in [5.74, 6) is -0.497. The van der Waals surface area contributed by atoms with Crippen molar-refractivity contribution in [2.45, 2.75) is 32.4 Å². The van der Waals surface area contributed by atoms with Crippen molar-refractivity contribution in [1.82, 2.24) is 4.90 Å². The maximum Gasteiger partial charge on any atom is 0.411 e. The summed E-state index contributed by atoms with van der Waals surface area (Å²) in [6, 6.07) is -0.801. The number of Topliss-reactive ketones (excluding diaryl/α,β-unsaturated/α-hetero) is 1. The highest BCUT2D eigenvalue weighted by Gasteiger charge is 2.36. The maximum absolute atomic E-state index is 11.9. The molecule has 0 aromatic heterocycles. The van der Waals surface area contributed by atoms with Gasteiger partial charge in [0, 0.05) is 6.54 Å². The van der Waals surface area contributed by atoms with Gasteiger partial charge >= 0.3 is 12.3 Å². The van der Waals surface area contributed by atoms with E-state index in [9.17, 15) is 9.59 Å². The topological polar surface area (TPSA) is 92.2 Å². The Morgan fingerprint density at radius 1 is 1.50 bits per heavy atom. The standard InChI is InChI=1S/C11H17N3O4/c1-11(2,3)18-10(16)14-4-5-17-7-8(14)9(15)6-13-12/h6,8H,4-5,7H2,1-3H3. The van der Waals surface area contributed by atoms with Crippen molar-refractivity contribution in [3.63, 3.8) is 0 Å². The Balaban J connectivity index is 2.79. The molecule has 0 saturated carbocycles. The van der Waals surface area contributed by atoms with E-state index in [2.05, 4.69) is 4.79 Å². The van der Waals surface area contributed by atoms with E-state index in [0.717, 1.165) is 6.21 Å². The van der Waals surface area contributed by atoms with Crippen LogP contribution in [-0.2, 0) is 14.3 Å². The Bertz CT molecular complexity index is 382. The Morgan fingerprint density at radius 3 is 2.72 bits per heavy atom. The van der Waals surface area contributed by atoms with E-state index in [4.69, 9.17) is 15.0 Å². The molecule has 1 fully saturated rings. The first kappa shape index (κ1) is 14.3. The number of rotatable bonds is 2. The Kier molecular flexibility index (Phi) is 4.58. The first-order chi connectivity index (χ1) is 8.35. The van der Waals surface area contributed by atoms with E-state index in [1.807, 2.05) is 0 Å². The van der Waals surface area contributed by atoms with Gasteiger partial charge in [0.25, 0.3) is 5.78 Å². The monoisotopic (exact) mass is 255 g/mol. The molecular formula is C11H17N3O4. The zero-order chi connectivity index (χ0) is 13.8. The van der Waals surface area contributed by atoms with Crippen molar-refractivity contribution in [2.24, 2.45) is 0 Å². The molecule has 1 unspecified atom stereocenters. The smallest absolute Gasteiger partial charge is 0.411 e. The fourth-order valence-corrected chi connectivity index (χ4v) is 1.52. The zero-order valence-corrected chi connectivity index (χ0v) is 10.8. The lowest BCUT2D eigenvalue weighted by Crippen LogP contribution is -2.54. The number of morpholine rings is 1. The van der Waals surface area contributed by atoms with Gasteiger partial charge in [-0.2, -0.15) is 4.79 Å². The first-order valence-electron chi connectivity index (χ1n) is 5.64. The summed E-state index contributed by atoms with van der Waals surface area (Å²) >= 11 is 0. The SMILES string of the molecule is CC(C)(C)OC(=O)N1CCOCC1C(=O)C=[N+]=[N-]. The Labute approximate surface area is 105 Å². The van der Waals surface area contributed by atoms with Crippen molar-refractivity contribution in [3.05, 3.63) is 5.53 Å². The van der Waals surface area contributed by atoms with Crippen LogP contribution in [0.3, 0.4) is 0 Å². The third-order valence-corrected chi connectivity index (χ3v) is 2.27. The van der Waals surface area contributed by atoms with Crippen LogP contribution in [0, 0.1) is 0 Å². The fourth-order valence-electron chi connectivity index (χ4n) is 1.52. The van der Waals surface area contributed by atoms with Crippen LogP contribution >= 0.6 is 0 Å². The van der Waals surface area contributed by atoms with Gasteiger partial charge in [-0.25, -0.2) is 4.79 Å². The van der Waals surface area contributed by atoms with Crippen molar-refractivity contribution in [3.8, 4) is 0 Å². The second-order valence-electron chi connectivity index (χ2n) is 4.91. The number of hydrogen-bond donors (Lipinski definition) is 0. The molecule has 1 aliphatic rings. The number of hydrogen-bond acceptors (Lipinski definition) is 4. The van der Waals surface area contributed by atoms with Crippen LogP contribution in [0.25, 0.3) is 5.53 Å². The number of nitrogens with zero attached hydrogens (tertiary/aromatic N) is 3.